The maximum atomic E-state index is 5.96. The number of hydrogen-bond donors (Lipinski definition) is 2. The quantitative estimate of drug-likeness (QED) is 0.412. The number of hydrogen-bond acceptors (Lipinski definition) is 3. The van der Waals surface area contributed by atoms with Gasteiger partial charge in [-0.2, -0.15) is 5.10 Å². The van der Waals surface area contributed by atoms with E-state index in [1.54, 1.807) is 6.07 Å². The highest BCUT2D eigenvalue weighted by Gasteiger charge is 2.13. The summed E-state index contributed by atoms with van der Waals surface area (Å²) in [6.45, 7) is 10.2. The van der Waals surface area contributed by atoms with E-state index in [1.165, 1.54) is 11.3 Å². The van der Waals surface area contributed by atoms with Crippen LogP contribution in [0.4, 0.5) is 0 Å². The summed E-state index contributed by atoms with van der Waals surface area (Å²) in [7, 11) is 1.98. The molecule has 1 aromatic carbocycles. The van der Waals surface area contributed by atoms with E-state index in [0.717, 1.165) is 30.4 Å². The van der Waals surface area contributed by atoms with Gasteiger partial charge < -0.3 is 15.4 Å². The average Bonchev–Trinajstić information content (AvgIpc) is 2.85. The molecule has 0 aliphatic rings. The number of aromatic nitrogens is 2. The van der Waals surface area contributed by atoms with Gasteiger partial charge in [0.15, 0.2) is 5.96 Å². The van der Waals surface area contributed by atoms with Crippen LogP contribution in [0.5, 0.6) is 5.75 Å². The smallest absolute Gasteiger partial charge is 0.191 e. The second-order valence-corrected chi connectivity index (χ2v) is 7.03. The molecular weight excluding hydrogens is 362 g/mol. The van der Waals surface area contributed by atoms with E-state index in [9.17, 15) is 0 Å². The molecule has 0 spiro atoms. The molecule has 2 aromatic rings. The van der Waals surface area contributed by atoms with E-state index in [4.69, 9.17) is 16.3 Å². The van der Waals surface area contributed by atoms with Crippen LogP contribution >= 0.6 is 11.6 Å². The number of nitrogens with zero attached hydrogens (tertiary/aromatic N) is 3. The van der Waals surface area contributed by atoms with E-state index in [-0.39, 0.29) is 6.04 Å². The lowest BCUT2D eigenvalue weighted by molar-refractivity contribution is 0.328. The number of guanidine groups is 1. The molecule has 0 bridgehead atoms. The third kappa shape index (κ3) is 6.47. The van der Waals surface area contributed by atoms with Crippen LogP contribution in [0.3, 0.4) is 0 Å². The van der Waals surface area contributed by atoms with Crippen LogP contribution in [0.25, 0.3) is 0 Å². The second-order valence-electron chi connectivity index (χ2n) is 6.59. The van der Waals surface area contributed by atoms with Crippen molar-refractivity contribution in [1.29, 1.82) is 0 Å². The standard InChI is InChI=1S/C20H30ClN5O/c1-6-22-20(23-10-11-27-18-9-7-8-17(21)13-18)24-14(2)12-19-15(3)25-26(5)16(19)4/h7-9,13-14H,6,10-12H2,1-5H3,(H2,22,23,24). The van der Waals surface area contributed by atoms with Crippen molar-refractivity contribution >= 4 is 17.6 Å². The van der Waals surface area contributed by atoms with E-state index in [0.29, 0.717) is 18.2 Å². The zero-order valence-corrected chi connectivity index (χ0v) is 17.6. The summed E-state index contributed by atoms with van der Waals surface area (Å²) in [5.41, 5.74) is 3.58. The van der Waals surface area contributed by atoms with Gasteiger partial charge in [-0.05, 0) is 57.9 Å². The lowest BCUT2D eigenvalue weighted by Gasteiger charge is -2.18. The van der Waals surface area contributed by atoms with Gasteiger partial charge in [0.05, 0.1) is 12.2 Å². The van der Waals surface area contributed by atoms with Crippen LogP contribution < -0.4 is 15.4 Å². The minimum atomic E-state index is 0.234. The first kappa shape index (κ1) is 21.1. The summed E-state index contributed by atoms with van der Waals surface area (Å²) < 4.78 is 7.63. The summed E-state index contributed by atoms with van der Waals surface area (Å²) in [6, 6.07) is 7.62. The van der Waals surface area contributed by atoms with Crippen molar-refractivity contribution in [2.45, 2.75) is 40.2 Å². The summed E-state index contributed by atoms with van der Waals surface area (Å²) >= 11 is 5.96. The van der Waals surface area contributed by atoms with Gasteiger partial charge in [0, 0.05) is 30.4 Å². The molecule has 0 saturated carbocycles. The molecule has 0 amide bonds. The maximum absolute atomic E-state index is 5.96. The Balaban J connectivity index is 1.88. The fourth-order valence-corrected chi connectivity index (χ4v) is 3.08. The zero-order valence-electron chi connectivity index (χ0n) is 16.8. The van der Waals surface area contributed by atoms with Gasteiger partial charge in [-0.1, -0.05) is 17.7 Å². The van der Waals surface area contributed by atoms with Crippen molar-refractivity contribution in [2.24, 2.45) is 12.0 Å². The molecule has 0 saturated heterocycles. The summed E-state index contributed by atoms with van der Waals surface area (Å²) in [6.07, 6.45) is 0.898. The number of nitrogens with one attached hydrogen (secondary N) is 2. The predicted molar refractivity (Wildman–Crippen MR) is 112 cm³/mol. The highest BCUT2D eigenvalue weighted by molar-refractivity contribution is 6.30. The molecule has 1 heterocycles. The molecule has 7 heteroatoms. The van der Waals surface area contributed by atoms with Gasteiger partial charge in [-0.15, -0.1) is 0 Å². The van der Waals surface area contributed by atoms with Crippen LogP contribution in [-0.4, -0.2) is 41.5 Å². The lowest BCUT2D eigenvalue weighted by Crippen LogP contribution is -2.43. The van der Waals surface area contributed by atoms with Crippen molar-refractivity contribution in [2.75, 3.05) is 19.7 Å². The van der Waals surface area contributed by atoms with Crippen molar-refractivity contribution in [3.63, 3.8) is 0 Å². The summed E-state index contributed by atoms with van der Waals surface area (Å²) in [4.78, 5) is 4.60. The SMILES string of the molecule is CCNC(=NCCOc1cccc(Cl)c1)NC(C)Cc1c(C)nn(C)c1C. The molecule has 0 aliphatic carbocycles. The van der Waals surface area contributed by atoms with E-state index >= 15 is 0 Å². The molecule has 1 unspecified atom stereocenters. The Morgan fingerprint density at radius 3 is 2.78 bits per heavy atom. The number of ether oxygens (including phenoxy) is 1. The van der Waals surface area contributed by atoms with E-state index < -0.39 is 0 Å². The Hall–Kier alpha value is -2.21. The number of aryl methyl sites for hydroxylation is 2. The zero-order chi connectivity index (χ0) is 19.8. The Kier molecular flexibility index (Phi) is 7.98. The molecule has 27 heavy (non-hydrogen) atoms. The van der Waals surface area contributed by atoms with Crippen molar-refractivity contribution < 1.29 is 4.74 Å². The fraction of sp³-hybridized carbons (Fsp3) is 0.500. The number of rotatable bonds is 8. The minimum absolute atomic E-state index is 0.234. The van der Waals surface area contributed by atoms with Crippen LogP contribution in [-0.2, 0) is 13.5 Å². The van der Waals surface area contributed by atoms with Gasteiger partial charge in [0.25, 0.3) is 0 Å². The second kappa shape index (κ2) is 10.2. The number of benzene rings is 1. The topological polar surface area (TPSA) is 63.5 Å². The first-order valence-electron chi connectivity index (χ1n) is 9.33. The van der Waals surface area contributed by atoms with Crippen molar-refractivity contribution in [3.8, 4) is 5.75 Å². The van der Waals surface area contributed by atoms with Crippen LogP contribution in [0.15, 0.2) is 29.3 Å². The van der Waals surface area contributed by atoms with Crippen LogP contribution in [0.2, 0.25) is 5.02 Å². The molecule has 2 N–H and O–H groups in total. The van der Waals surface area contributed by atoms with Gasteiger partial charge in [-0.25, -0.2) is 4.99 Å². The molecule has 0 aliphatic heterocycles. The van der Waals surface area contributed by atoms with Gasteiger partial charge in [-0.3, -0.25) is 4.68 Å². The molecular formula is C20H30ClN5O. The Morgan fingerprint density at radius 2 is 2.15 bits per heavy atom. The number of halogens is 1. The molecule has 0 fully saturated rings. The molecule has 6 nitrogen and oxygen atoms in total. The monoisotopic (exact) mass is 391 g/mol. The van der Waals surface area contributed by atoms with Crippen molar-refractivity contribution in [1.82, 2.24) is 20.4 Å². The maximum Gasteiger partial charge on any atom is 0.191 e. The summed E-state index contributed by atoms with van der Waals surface area (Å²) in [5.74, 6) is 1.55. The highest BCUT2D eigenvalue weighted by Crippen LogP contribution is 2.17. The number of aliphatic imine (C=N–C) groups is 1. The largest absolute Gasteiger partial charge is 0.492 e. The summed E-state index contributed by atoms with van der Waals surface area (Å²) in [5, 5.41) is 11.9. The lowest BCUT2D eigenvalue weighted by atomic mass is 10.1. The first-order chi connectivity index (χ1) is 12.9. The molecule has 1 atom stereocenters. The third-order valence-corrected chi connectivity index (χ3v) is 4.56. The third-order valence-electron chi connectivity index (χ3n) is 4.32. The molecule has 0 radical (unpaired) electrons. The first-order valence-corrected chi connectivity index (χ1v) is 9.70. The van der Waals surface area contributed by atoms with Crippen molar-refractivity contribution in [3.05, 3.63) is 46.2 Å². The van der Waals surface area contributed by atoms with Crippen LogP contribution in [0, 0.1) is 13.8 Å². The van der Waals surface area contributed by atoms with Gasteiger partial charge >= 0.3 is 0 Å². The fourth-order valence-electron chi connectivity index (χ4n) is 2.90. The predicted octanol–water partition coefficient (Wildman–Crippen LogP) is 3.26. The highest BCUT2D eigenvalue weighted by atomic mass is 35.5. The average molecular weight is 392 g/mol. The normalized spacial score (nSPS) is 12.7. The molecule has 2 rings (SSSR count). The Labute approximate surface area is 167 Å². The van der Waals surface area contributed by atoms with E-state index in [1.807, 2.05) is 29.9 Å². The van der Waals surface area contributed by atoms with Gasteiger partial charge in [0.1, 0.15) is 12.4 Å². The van der Waals surface area contributed by atoms with E-state index in [2.05, 4.69) is 48.4 Å². The van der Waals surface area contributed by atoms with Gasteiger partial charge in [0.2, 0.25) is 0 Å². The Morgan fingerprint density at radius 1 is 1.37 bits per heavy atom. The molecule has 1 aromatic heterocycles. The molecule has 148 valence electrons. The van der Waals surface area contributed by atoms with Crippen LogP contribution in [0.1, 0.15) is 30.8 Å². The minimum Gasteiger partial charge on any atom is -0.492 e. The Bertz CT molecular complexity index is 772.